The lowest BCUT2D eigenvalue weighted by Gasteiger charge is -2.27. The molecule has 36 heavy (non-hydrogen) atoms. The lowest BCUT2D eigenvalue weighted by molar-refractivity contribution is -0.275. The smallest absolute Gasteiger partial charge is 0.403 e. The summed E-state index contributed by atoms with van der Waals surface area (Å²) in [6, 6.07) is 3.37. The fourth-order valence-electron chi connectivity index (χ4n) is 4.61. The zero-order chi connectivity index (χ0) is 25.8. The van der Waals surface area contributed by atoms with Crippen molar-refractivity contribution in [2.45, 2.75) is 37.8 Å². The number of hydrogen-bond donors (Lipinski definition) is 2. The third-order valence-corrected chi connectivity index (χ3v) is 6.21. The van der Waals surface area contributed by atoms with Crippen molar-refractivity contribution < 1.29 is 36.7 Å². The molecule has 3 atom stereocenters. The Morgan fingerprint density at radius 3 is 2.69 bits per heavy atom. The van der Waals surface area contributed by atoms with Crippen LogP contribution in [-0.4, -0.2) is 55.8 Å². The predicted octanol–water partition coefficient (Wildman–Crippen LogP) is 2.20. The van der Waals surface area contributed by atoms with Crippen molar-refractivity contribution in [2.75, 3.05) is 5.32 Å². The van der Waals surface area contributed by atoms with Gasteiger partial charge in [-0.15, -0.1) is 13.2 Å². The van der Waals surface area contributed by atoms with E-state index in [1.165, 1.54) is 22.0 Å². The summed E-state index contributed by atoms with van der Waals surface area (Å²) < 4.78 is 57.0. The van der Waals surface area contributed by atoms with Crippen molar-refractivity contribution in [1.82, 2.24) is 19.7 Å². The van der Waals surface area contributed by atoms with E-state index in [-0.39, 0.29) is 24.2 Å². The predicted molar refractivity (Wildman–Crippen MR) is 115 cm³/mol. The highest BCUT2D eigenvalue weighted by Crippen LogP contribution is 2.48. The standard InChI is InChI=1S/C22H18F4N6O4/c23-18-12(2-1-3-16(18)36-22(24,25)26)29-21(35)15-7-10-6-14(10)32(15)17(33)9-31-13-4-5-28-8-11(13)19(30-31)20(27)34/h1-5,8,10,14-15H,6-7,9H2,(H2,27,34)(H,29,35)/t10-,14-,15+/m1/s1. The minimum atomic E-state index is -5.11. The molecule has 188 valence electrons. The first kappa shape index (κ1) is 23.5. The van der Waals surface area contributed by atoms with Gasteiger partial charge in [0.2, 0.25) is 11.8 Å². The zero-order valence-electron chi connectivity index (χ0n) is 18.3. The van der Waals surface area contributed by atoms with Crippen molar-refractivity contribution >= 4 is 34.3 Å². The van der Waals surface area contributed by atoms with E-state index in [0.29, 0.717) is 23.7 Å². The Kier molecular flexibility index (Phi) is 5.53. The molecule has 1 aliphatic heterocycles. The number of benzene rings is 1. The first-order valence-electron chi connectivity index (χ1n) is 10.8. The molecular formula is C22H18F4N6O4. The highest BCUT2D eigenvalue weighted by Gasteiger charge is 2.56. The molecule has 2 aliphatic rings. The zero-order valence-corrected chi connectivity index (χ0v) is 18.3. The number of hydrogen-bond acceptors (Lipinski definition) is 6. The largest absolute Gasteiger partial charge is 0.573 e. The number of primary amides is 1. The van der Waals surface area contributed by atoms with Crippen LogP contribution < -0.4 is 15.8 Å². The van der Waals surface area contributed by atoms with Gasteiger partial charge in [-0.2, -0.15) is 5.10 Å². The van der Waals surface area contributed by atoms with Crippen LogP contribution in [0.3, 0.4) is 0 Å². The van der Waals surface area contributed by atoms with Gasteiger partial charge in [-0.1, -0.05) is 6.07 Å². The molecule has 0 bridgehead atoms. The average molecular weight is 506 g/mol. The number of piperidine rings is 1. The number of alkyl halides is 3. The van der Waals surface area contributed by atoms with Crippen molar-refractivity contribution in [1.29, 1.82) is 0 Å². The number of amides is 3. The molecule has 2 aromatic heterocycles. The van der Waals surface area contributed by atoms with Gasteiger partial charge in [-0.05, 0) is 37.0 Å². The second-order valence-corrected chi connectivity index (χ2v) is 8.53. The molecule has 3 N–H and O–H groups in total. The Hall–Kier alpha value is -4.23. The SMILES string of the molecule is NC(=O)c1nn(CC(=O)N2[C@@H]3C[C@@H]3C[C@H]2C(=O)Nc2cccc(OC(F)(F)F)c2F)c2ccncc12. The maximum atomic E-state index is 14.5. The van der Waals surface area contributed by atoms with E-state index in [2.05, 4.69) is 20.1 Å². The number of rotatable bonds is 6. The molecule has 1 aliphatic carbocycles. The Morgan fingerprint density at radius 1 is 1.19 bits per heavy atom. The van der Waals surface area contributed by atoms with Gasteiger partial charge >= 0.3 is 6.36 Å². The summed E-state index contributed by atoms with van der Waals surface area (Å²) in [5, 5.41) is 6.77. The van der Waals surface area contributed by atoms with Crippen LogP contribution in [0, 0.1) is 11.7 Å². The first-order chi connectivity index (χ1) is 17.0. The molecule has 1 aromatic carbocycles. The number of carbonyl (C=O) groups excluding carboxylic acids is 3. The van der Waals surface area contributed by atoms with Crippen LogP contribution in [0.5, 0.6) is 5.75 Å². The maximum absolute atomic E-state index is 14.5. The third kappa shape index (κ3) is 4.29. The minimum absolute atomic E-state index is 0.0534. The van der Waals surface area contributed by atoms with Gasteiger partial charge in [0.25, 0.3) is 5.91 Å². The number of nitrogens with two attached hydrogens (primary N) is 1. The van der Waals surface area contributed by atoms with Gasteiger partial charge in [0, 0.05) is 18.4 Å². The van der Waals surface area contributed by atoms with Crippen LogP contribution in [0.15, 0.2) is 36.7 Å². The van der Waals surface area contributed by atoms with Crippen LogP contribution in [0.1, 0.15) is 23.3 Å². The van der Waals surface area contributed by atoms with E-state index in [1.807, 2.05) is 0 Å². The Bertz CT molecular complexity index is 1390. The first-order valence-corrected chi connectivity index (χ1v) is 10.8. The molecule has 3 heterocycles. The molecule has 5 rings (SSSR count). The number of halogens is 4. The molecule has 3 amide bonds. The molecule has 3 aromatic rings. The van der Waals surface area contributed by atoms with Gasteiger partial charge in [0.05, 0.1) is 16.6 Å². The highest BCUT2D eigenvalue weighted by atomic mass is 19.4. The van der Waals surface area contributed by atoms with E-state index in [4.69, 9.17) is 5.73 Å². The van der Waals surface area contributed by atoms with Gasteiger partial charge in [-0.3, -0.25) is 24.0 Å². The second kappa shape index (κ2) is 8.46. The third-order valence-electron chi connectivity index (χ3n) is 6.21. The highest BCUT2D eigenvalue weighted by molar-refractivity contribution is 6.04. The molecule has 0 unspecified atom stereocenters. The fraction of sp³-hybridized carbons (Fsp3) is 0.318. The van der Waals surface area contributed by atoms with Crippen molar-refractivity contribution in [2.24, 2.45) is 11.7 Å². The number of pyridine rings is 1. The summed E-state index contributed by atoms with van der Waals surface area (Å²) in [6.07, 6.45) is -1.24. The van der Waals surface area contributed by atoms with Gasteiger partial charge in [0.15, 0.2) is 17.3 Å². The van der Waals surface area contributed by atoms with Crippen LogP contribution >= 0.6 is 0 Å². The summed E-state index contributed by atoms with van der Waals surface area (Å²) in [7, 11) is 0. The molecule has 0 radical (unpaired) electrons. The van der Waals surface area contributed by atoms with Crippen molar-refractivity contribution in [3.63, 3.8) is 0 Å². The molecule has 10 nitrogen and oxygen atoms in total. The summed E-state index contributed by atoms with van der Waals surface area (Å²) in [5.74, 6) is -4.40. The molecule has 0 spiro atoms. The number of nitrogens with one attached hydrogen (secondary N) is 1. The van der Waals surface area contributed by atoms with E-state index >= 15 is 0 Å². The number of nitrogens with zero attached hydrogens (tertiary/aromatic N) is 4. The molecule has 1 saturated heterocycles. The topological polar surface area (TPSA) is 132 Å². The molecular weight excluding hydrogens is 488 g/mol. The van der Waals surface area contributed by atoms with Crippen LogP contribution in [0.25, 0.3) is 10.9 Å². The Labute approximate surface area is 200 Å². The number of likely N-dealkylation sites (tertiary alicyclic amines) is 1. The quantitative estimate of drug-likeness (QED) is 0.493. The van der Waals surface area contributed by atoms with E-state index in [1.54, 1.807) is 6.07 Å². The molecule has 14 heteroatoms. The summed E-state index contributed by atoms with van der Waals surface area (Å²) in [6.45, 7) is -0.302. The Morgan fingerprint density at radius 2 is 1.97 bits per heavy atom. The maximum Gasteiger partial charge on any atom is 0.573 e. The van der Waals surface area contributed by atoms with E-state index < -0.39 is 47.4 Å². The minimum Gasteiger partial charge on any atom is -0.403 e. The van der Waals surface area contributed by atoms with Gasteiger partial charge in [-0.25, -0.2) is 4.39 Å². The average Bonchev–Trinajstić information content (AvgIpc) is 3.31. The fourth-order valence-corrected chi connectivity index (χ4v) is 4.61. The van der Waals surface area contributed by atoms with Gasteiger partial charge in [0.1, 0.15) is 12.6 Å². The van der Waals surface area contributed by atoms with E-state index in [0.717, 1.165) is 18.2 Å². The van der Waals surface area contributed by atoms with Crippen molar-refractivity contribution in [3.8, 4) is 5.75 Å². The normalized spacial score (nSPS) is 20.8. The molecule has 2 fully saturated rings. The van der Waals surface area contributed by atoms with Crippen molar-refractivity contribution in [3.05, 3.63) is 48.2 Å². The lowest BCUT2D eigenvalue weighted by atomic mass is 10.1. The summed E-state index contributed by atoms with van der Waals surface area (Å²) in [5.41, 5.74) is 5.26. The number of anilines is 1. The molecule has 1 saturated carbocycles. The number of ether oxygens (including phenoxy) is 1. The van der Waals surface area contributed by atoms with Crippen LogP contribution in [-0.2, 0) is 16.1 Å². The number of fused-ring (bicyclic) bond motifs is 2. The monoisotopic (exact) mass is 506 g/mol. The van der Waals surface area contributed by atoms with Crippen LogP contribution in [0.4, 0.5) is 23.2 Å². The summed E-state index contributed by atoms with van der Waals surface area (Å²) >= 11 is 0. The number of aromatic nitrogens is 3. The number of carbonyl (C=O) groups is 3. The lowest BCUT2D eigenvalue weighted by Crippen LogP contribution is -2.46. The van der Waals surface area contributed by atoms with Gasteiger partial charge < -0.3 is 20.7 Å². The second-order valence-electron chi connectivity index (χ2n) is 8.53. The van der Waals surface area contributed by atoms with Crippen LogP contribution in [0.2, 0.25) is 0 Å². The summed E-state index contributed by atoms with van der Waals surface area (Å²) in [4.78, 5) is 43.3. The Balaban J connectivity index is 1.35. The van der Waals surface area contributed by atoms with E-state index in [9.17, 15) is 31.9 Å².